The normalized spacial score (nSPS) is 10.0. The Hall–Kier alpha value is -1.71. The molecule has 0 atom stereocenters. The molecule has 16 heavy (non-hydrogen) atoms. The molecule has 0 heterocycles. The summed E-state index contributed by atoms with van der Waals surface area (Å²) in [6, 6.07) is 8.07. The SMILES string of the molecule is NC(=O)CCNC(=O)CCC[c-]1cccc1. The summed E-state index contributed by atoms with van der Waals surface area (Å²) in [5, 5.41) is 2.65. The number of amides is 2. The summed E-state index contributed by atoms with van der Waals surface area (Å²) < 4.78 is 0. The van der Waals surface area contributed by atoms with Gasteiger partial charge in [0, 0.05) is 19.4 Å². The molecule has 0 aromatic heterocycles. The Labute approximate surface area is 95.2 Å². The molecule has 0 fully saturated rings. The third-order valence-corrected chi connectivity index (χ3v) is 2.29. The van der Waals surface area contributed by atoms with E-state index in [0.29, 0.717) is 13.0 Å². The predicted octanol–water partition coefficient (Wildman–Crippen LogP) is 0.720. The molecule has 0 bridgehead atoms. The third kappa shape index (κ3) is 5.24. The van der Waals surface area contributed by atoms with Crippen LogP contribution in [0.4, 0.5) is 0 Å². The van der Waals surface area contributed by atoms with E-state index in [1.807, 2.05) is 24.3 Å². The van der Waals surface area contributed by atoms with Gasteiger partial charge >= 0.3 is 0 Å². The lowest BCUT2D eigenvalue weighted by molar-refractivity contribution is -0.121. The maximum atomic E-state index is 11.3. The number of hydrogen-bond acceptors (Lipinski definition) is 2. The van der Waals surface area contributed by atoms with Crippen LogP contribution >= 0.6 is 0 Å². The van der Waals surface area contributed by atoms with Gasteiger partial charge in [0.05, 0.1) is 0 Å². The van der Waals surface area contributed by atoms with Gasteiger partial charge in [-0.25, -0.2) is 12.1 Å². The fourth-order valence-electron chi connectivity index (χ4n) is 1.45. The van der Waals surface area contributed by atoms with Crippen molar-refractivity contribution >= 4 is 11.8 Å². The van der Waals surface area contributed by atoms with Crippen LogP contribution in [0.5, 0.6) is 0 Å². The van der Waals surface area contributed by atoms with Gasteiger partial charge in [-0.3, -0.25) is 9.59 Å². The van der Waals surface area contributed by atoms with Gasteiger partial charge in [0.2, 0.25) is 11.8 Å². The average Bonchev–Trinajstić information content (AvgIpc) is 2.70. The molecule has 4 nitrogen and oxygen atoms in total. The van der Waals surface area contributed by atoms with Gasteiger partial charge in [-0.05, 0) is 0 Å². The standard InChI is InChI=1S/C12H17N2O2/c13-11(15)8-9-14-12(16)7-3-6-10-4-1-2-5-10/h1-2,4-5H,3,6-9H2,(H2,13,15)(H,14,16)/q-1. The first-order valence-corrected chi connectivity index (χ1v) is 5.44. The average molecular weight is 221 g/mol. The molecule has 0 radical (unpaired) electrons. The molecular formula is C12H17N2O2-. The van der Waals surface area contributed by atoms with Gasteiger partial charge in [-0.2, -0.15) is 17.7 Å². The predicted molar refractivity (Wildman–Crippen MR) is 61.8 cm³/mol. The first kappa shape index (κ1) is 12.4. The van der Waals surface area contributed by atoms with Gasteiger partial charge < -0.3 is 11.1 Å². The van der Waals surface area contributed by atoms with Gasteiger partial charge in [0.15, 0.2) is 0 Å². The van der Waals surface area contributed by atoms with E-state index in [-0.39, 0.29) is 12.3 Å². The molecule has 0 spiro atoms. The topological polar surface area (TPSA) is 72.2 Å². The van der Waals surface area contributed by atoms with Crippen molar-refractivity contribution in [1.29, 1.82) is 0 Å². The lowest BCUT2D eigenvalue weighted by Crippen LogP contribution is -2.27. The van der Waals surface area contributed by atoms with Crippen molar-refractivity contribution < 1.29 is 9.59 Å². The second-order valence-corrected chi connectivity index (χ2v) is 3.71. The minimum atomic E-state index is -0.392. The fraction of sp³-hybridized carbons (Fsp3) is 0.417. The number of hydrogen-bond donors (Lipinski definition) is 2. The van der Waals surface area contributed by atoms with Crippen LogP contribution in [0.25, 0.3) is 0 Å². The number of nitrogens with one attached hydrogen (secondary N) is 1. The molecule has 0 saturated carbocycles. The van der Waals surface area contributed by atoms with Crippen molar-refractivity contribution in [2.45, 2.75) is 25.7 Å². The third-order valence-electron chi connectivity index (χ3n) is 2.29. The Morgan fingerprint density at radius 2 is 1.88 bits per heavy atom. The monoisotopic (exact) mass is 221 g/mol. The maximum absolute atomic E-state index is 11.3. The molecule has 4 heteroatoms. The molecule has 0 aliphatic rings. The van der Waals surface area contributed by atoms with E-state index in [0.717, 1.165) is 12.8 Å². The summed E-state index contributed by atoms with van der Waals surface area (Å²) in [5.74, 6) is -0.412. The highest BCUT2D eigenvalue weighted by Crippen LogP contribution is 2.05. The lowest BCUT2D eigenvalue weighted by Gasteiger charge is -2.04. The second-order valence-electron chi connectivity index (χ2n) is 3.71. The van der Waals surface area contributed by atoms with E-state index in [4.69, 9.17) is 5.73 Å². The quantitative estimate of drug-likeness (QED) is 0.666. The molecule has 1 aromatic carbocycles. The van der Waals surface area contributed by atoms with Crippen molar-refractivity contribution in [2.24, 2.45) is 5.73 Å². The van der Waals surface area contributed by atoms with Gasteiger partial charge in [0.1, 0.15) is 0 Å². The highest BCUT2D eigenvalue weighted by atomic mass is 16.2. The Bertz CT molecular complexity index is 331. The second kappa shape index (κ2) is 6.71. The van der Waals surface area contributed by atoms with E-state index in [2.05, 4.69) is 5.32 Å². The number of carbonyl (C=O) groups is 2. The van der Waals surface area contributed by atoms with E-state index in [1.165, 1.54) is 5.56 Å². The minimum absolute atomic E-state index is 0.0205. The molecule has 3 N–H and O–H groups in total. The lowest BCUT2D eigenvalue weighted by atomic mass is 10.1. The summed E-state index contributed by atoms with van der Waals surface area (Å²) >= 11 is 0. The molecule has 1 aromatic rings. The van der Waals surface area contributed by atoms with Gasteiger partial charge in [-0.1, -0.05) is 12.8 Å². The molecule has 1 rings (SSSR count). The molecule has 88 valence electrons. The smallest absolute Gasteiger partial charge is 0.219 e. The Morgan fingerprint density at radius 1 is 1.19 bits per heavy atom. The zero-order valence-corrected chi connectivity index (χ0v) is 9.24. The van der Waals surface area contributed by atoms with Crippen molar-refractivity contribution in [2.75, 3.05) is 6.54 Å². The zero-order valence-electron chi connectivity index (χ0n) is 9.24. The molecular weight excluding hydrogens is 204 g/mol. The van der Waals surface area contributed by atoms with Crippen LogP contribution in [-0.2, 0) is 16.0 Å². The van der Waals surface area contributed by atoms with Crippen LogP contribution in [0.3, 0.4) is 0 Å². The molecule has 0 aliphatic carbocycles. The van der Waals surface area contributed by atoms with Crippen LogP contribution in [0.2, 0.25) is 0 Å². The Morgan fingerprint density at radius 3 is 2.50 bits per heavy atom. The number of primary amides is 1. The van der Waals surface area contributed by atoms with E-state index >= 15 is 0 Å². The Kier molecular flexibility index (Phi) is 5.19. The molecule has 0 aliphatic heterocycles. The van der Waals surface area contributed by atoms with Crippen LogP contribution in [0.1, 0.15) is 24.8 Å². The highest BCUT2D eigenvalue weighted by Gasteiger charge is 2.00. The largest absolute Gasteiger partial charge is 0.370 e. The van der Waals surface area contributed by atoms with Crippen LogP contribution in [0, 0.1) is 0 Å². The van der Waals surface area contributed by atoms with Gasteiger partial charge in [-0.15, -0.1) is 0 Å². The van der Waals surface area contributed by atoms with Crippen molar-refractivity contribution in [3.63, 3.8) is 0 Å². The minimum Gasteiger partial charge on any atom is -0.370 e. The van der Waals surface area contributed by atoms with Crippen LogP contribution < -0.4 is 11.1 Å². The Balaban J connectivity index is 2.04. The first-order chi connectivity index (χ1) is 7.68. The maximum Gasteiger partial charge on any atom is 0.219 e. The first-order valence-electron chi connectivity index (χ1n) is 5.44. The summed E-state index contributed by atoms with van der Waals surface area (Å²) in [4.78, 5) is 21.7. The summed E-state index contributed by atoms with van der Waals surface area (Å²) in [5.41, 5.74) is 6.21. The molecule has 0 saturated heterocycles. The summed E-state index contributed by atoms with van der Waals surface area (Å²) in [6.45, 7) is 0.338. The molecule has 2 amide bonds. The number of carbonyl (C=O) groups excluding carboxylic acids is 2. The highest BCUT2D eigenvalue weighted by molar-refractivity contribution is 5.78. The van der Waals surface area contributed by atoms with Crippen LogP contribution in [0.15, 0.2) is 24.3 Å². The summed E-state index contributed by atoms with van der Waals surface area (Å²) in [6.07, 6.45) is 2.43. The zero-order chi connectivity index (χ0) is 11.8. The van der Waals surface area contributed by atoms with Crippen LogP contribution in [-0.4, -0.2) is 18.4 Å². The van der Waals surface area contributed by atoms with Crippen molar-refractivity contribution in [3.05, 3.63) is 29.8 Å². The van der Waals surface area contributed by atoms with E-state index < -0.39 is 5.91 Å². The fourth-order valence-corrected chi connectivity index (χ4v) is 1.45. The number of aryl methyl sites for hydroxylation is 1. The van der Waals surface area contributed by atoms with Gasteiger partial charge in [0.25, 0.3) is 0 Å². The van der Waals surface area contributed by atoms with Crippen molar-refractivity contribution in [3.8, 4) is 0 Å². The van der Waals surface area contributed by atoms with E-state index in [9.17, 15) is 9.59 Å². The summed E-state index contributed by atoms with van der Waals surface area (Å²) in [7, 11) is 0. The number of nitrogens with two attached hydrogens (primary N) is 1. The van der Waals surface area contributed by atoms with Crippen molar-refractivity contribution in [1.82, 2.24) is 5.32 Å². The molecule has 0 unspecified atom stereocenters. The number of rotatable bonds is 7. The van der Waals surface area contributed by atoms with E-state index in [1.54, 1.807) is 0 Å².